The number of rotatable bonds is 8. The largest absolute Gasteiger partial charge is 0.494 e. The second-order valence-corrected chi connectivity index (χ2v) is 4.04. The number of benzene rings is 1. The lowest BCUT2D eigenvalue weighted by molar-refractivity contribution is -0.118. The summed E-state index contributed by atoms with van der Waals surface area (Å²) in [6.45, 7) is 5.34. The SMILES string of the molecule is CCOc1ccc(C(=O)CNCCNC(C)=O)cc1. The van der Waals surface area contributed by atoms with Gasteiger partial charge >= 0.3 is 0 Å². The standard InChI is InChI=1S/C14H20N2O3/c1-3-19-13-6-4-12(5-7-13)14(18)10-15-8-9-16-11(2)17/h4-7,15H,3,8-10H2,1-2H3,(H,16,17). The minimum atomic E-state index is -0.0698. The van der Waals surface area contributed by atoms with Crippen molar-refractivity contribution in [2.45, 2.75) is 13.8 Å². The van der Waals surface area contributed by atoms with Crippen molar-refractivity contribution < 1.29 is 14.3 Å². The fourth-order valence-electron chi connectivity index (χ4n) is 1.53. The Morgan fingerprint density at radius 1 is 1.16 bits per heavy atom. The minimum Gasteiger partial charge on any atom is -0.494 e. The maximum atomic E-state index is 11.8. The van der Waals surface area contributed by atoms with Gasteiger partial charge in [0, 0.05) is 25.6 Å². The third-order valence-electron chi connectivity index (χ3n) is 2.45. The Morgan fingerprint density at radius 2 is 1.84 bits per heavy atom. The third-order valence-corrected chi connectivity index (χ3v) is 2.45. The van der Waals surface area contributed by atoms with Crippen LogP contribution in [0, 0.1) is 0 Å². The average molecular weight is 264 g/mol. The van der Waals surface area contributed by atoms with Crippen molar-refractivity contribution in [1.29, 1.82) is 0 Å². The van der Waals surface area contributed by atoms with E-state index >= 15 is 0 Å². The first-order valence-corrected chi connectivity index (χ1v) is 6.34. The summed E-state index contributed by atoms with van der Waals surface area (Å²) in [5.41, 5.74) is 0.649. The normalized spacial score (nSPS) is 10.0. The molecule has 0 aromatic heterocycles. The highest BCUT2D eigenvalue weighted by atomic mass is 16.5. The minimum absolute atomic E-state index is 0.0193. The van der Waals surface area contributed by atoms with E-state index < -0.39 is 0 Å². The van der Waals surface area contributed by atoms with E-state index in [1.165, 1.54) is 6.92 Å². The molecule has 2 N–H and O–H groups in total. The number of Topliss-reactive ketones (excluding diaryl/α,β-unsaturated/α-hetero) is 1. The summed E-state index contributed by atoms with van der Waals surface area (Å²) in [7, 11) is 0. The van der Waals surface area contributed by atoms with Crippen LogP contribution in [0.4, 0.5) is 0 Å². The second kappa shape index (κ2) is 8.26. The van der Waals surface area contributed by atoms with Crippen molar-refractivity contribution in [2.75, 3.05) is 26.2 Å². The molecule has 0 radical (unpaired) electrons. The zero-order valence-electron chi connectivity index (χ0n) is 11.4. The molecule has 0 atom stereocenters. The molecule has 0 heterocycles. The number of carbonyl (C=O) groups excluding carboxylic acids is 2. The first-order valence-electron chi connectivity index (χ1n) is 6.34. The third kappa shape index (κ3) is 6.01. The summed E-state index contributed by atoms with van der Waals surface area (Å²) in [6, 6.07) is 7.08. The summed E-state index contributed by atoms with van der Waals surface area (Å²) in [6.07, 6.45) is 0. The van der Waals surface area contributed by atoms with Crippen molar-refractivity contribution in [3.8, 4) is 5.75 Å². The Kier molecular flexibility index (Phi) is 6.60. The number of ether oxygens (including phenoxy) is 1. The Hall–Kier alpha value is -1.88. The molecule has 1 amide bonds. The van der Waals surface area contributed by atoms with E-state index in [2.05, 4.69) is 10.6 Å². The number of hydrogen-bond donors (Lipinski definition) is 2. The van der Waals surface area contributed by atoms with Crippen molar-refractivity contribution >= 4 is 11.7 Å². The van der Waals surface area contributed by atoms with Gasteiger partial charge in [0.25, 0.3) is 0 Å². The Balaban J connectivity index is 2.30. The summed E-state index contributed by atoms with van der Waals surface area (Å²) < 4.78 is 5.31. The molecule has 5 nitrogen and oxygen atoms in total. The van der Waals surface area contributed by atoms with Crippen LogP contribution in [0.2, 0.25) is 0 Å². The molecule has 0 saturated heterocycles. The maximum absolute atomic E-state index is 11.8. The fraction of sp³-hybridized carbons (Fsp3) is 0.429. The average Bonchev–Trinajstić information content (AvgIpc) is 2.39. The summed E-state index contributed by atoms with van der Waals surface area (Å²) >= 11 is 0. The first-order chi connectivity index (χ1) is 9.13. The molecule has 1 aromatic carbocycles. The number of nitrogens with one attached hydrogen (secondary N) is 2. The maximum Gasteiger partial charge on any atom is 0.216 e. The first kappa shape index (κ1) is 15.2. The molecule has 0 aliphatic rings. The molecule has 0 saturated carbocycles. The van der Waals surface area contributed by atoms with Gasteiger partial charge in [-0.25, -0.2) is 0 Å². The molecule has 104 valence electrons. The smallest absolute Gasteiger partial charge is 0.216 e. The van der Waals surface area contributed by atoms with Gasteiger partial charge < -0.3 is 15.4 Å². The Labute approximate surface area is 113 Å². The Bertz CT molecular complexity index is 415. The molecule has 0 aliphatic carbocycles. The van der Waals surface area contributed by atoms with Crippen LogP contribution in [-0.2, 0) is 4.79 Å². The second-order valence-electron chi connectivity index (χ2n) is 4.04. The van der Waals surface area contributed by atoms with Crippen molar-refractivity contribution in [1.82, 2.24) is 10.6 Å². The topological polar surface area (TPSA) is 67.4 Å². The molecule has 19 heavy (non-hydrogen) atoms. The molecule has 1 rings (SSSR count). The number of ketones is 1. The molecule has 0 spiro atoms. The summed E-state index contributed by atoms with van der Waals surface area (Å²) in [5, 5.41) is 5.63. The molecule has 5 heteroatoms. The van der Waals surface area contributed by atoms with E-state index in [1.54, 1.807) is 24.3 Å². The summed E-state index contributed by atoms with van der Waals surface area (Å²) in [5.74, 6) is 0.711. The zero-order chi connectivity index (χ0) is 14.1. The van der Waals surface area contributed by atoms with Gasteiger partial charge in [0.05, 0.1) is 13.2 Å². The van der Waals surface area contributed by atoms with Gasteiger partial charge in [0.1, 0.15) is 5.75 Å². The van der Waals surface area contributed by atoms with Crippen LogP contribution in [0.3, 0.4) is 0 Å². The fourth-order valence-corrected chi connectivity index (χ4v) is 1.53. The number of hydrogen-bond acceptors (Lipinski definition) is 4. The zero-order valence-corrected chi connectivity index (χ0v) is 11.4. The molecular weight excluding hydrogens is 244 g/mol. The lowest BCUT2D eigenvalue weighted by atomic mass is 10.1. The van der Waals surface area contributed by atoms with Gasteiger partial charge in [0.2, 0.25) is 5.91 Å². The van der Waals surface area contributed by atoms with E-state index in [1.807, 2.05) is 6.92 Å². The van der Waals surface area contributed by atoms with Crippen molar-refractivity contribution in [3.63, 3.8) is 0 Å². The highest BCUT2D eigenvalue weighted by Crippen LogP contribution is 2.12. The number of carbonyl (C=O) groups is 2. The Morgan fingerprint density at radius 3 is 2.42 bits per heavy atom. The van der Waals surface area contributed by atoms with E-state index in [4.69, 9.17) is 4.74 Å². The van der Waals surface area contributed by atoms with Crippen LogP contribution in [0.15, 0.2) is 24.3 Å². The van der Waals surface area contributed by atoms with E-state index in [0.29, 0.717) is 25.3 Å². The van der Waals surface area contributed by atoms with Crippen LogP contribution < -0.4 is 15.4 Å². The summed E-state index contributed by atoms with van der Waals surface area (Å²) in [4.78, 5) is 22.4. The quantitative estimate of drug-likeness (QED) is 0.543. The van der Waals surface area contributed by atoms with E-state index in [9.17, 15) is 9.59 Å². The van der Waals surface area contributed by atoms with Crippen LogP contribution in [0.1, 0.15) is 24.2 Å². The van der Waals surface area contributed by atoms with Gasteiger partial charge in [0.15, 0.2) is 5.78 Å². The van der Waals surface area contributed by atoms with Crippen LogP contribution in [-0.4, -0.2) is 37.9 Å². The van der Waals surface area contributed by atoms with Gasteiger partial charge in [-0.3, -0.25) is 9.59 Å². The predicted octanol–water partition coefficient (Wildman–Crippen LogP) is 0.994. The monoisotopic (exact) mass is 264 g/mol. The lowest BCUT2D eigenvalue weighted by Crippen LogP contribution is -2.32. The van der Waals surface area contributed by atoms with Gasteiger partial charge in [-0.15, -0.1) is 0 Å². The molecule has 1 aromatic rings. The molecule has 0 unspecified atom stereocenters. The highest BCUT2D eigenvalue weighted by Gasteiger charge is 2.05. The molecular formula is C14H20N2O3. The van der Waals surface area contributed by atoms with Crippen LogP contribution >= 0.6 is 0 Å². The lowest BCUT2D eigenvalue weighted by Gasteiger charge is -2.06. The molecule has 0 aliphatic heterocycles. The van der Waals surface area contributed by atoms with Crippen LogP contribution in [0.25, 0.3) is 0 Å². The van der Waals surface area contributed by atoms with E-state index in [0.717, 1.165) is 5.75 Å². The number of amides is 1. The van der Waals surface area contributed by atoms with Gasteiger partial charge in [-0.1, -0.05) is 0 Å². The predicted molar refractivity (Wildman–Crippen MR) is 73.5 cm³/mol. The molecule has 0 bridgehead atoms. The van der Waals surface area contributed by atoms with Gasteiger partial charge in [-0.05, 0) is 31.2 Å². The van der Waals surface area contributed by atoms with Crippen LogP contribution in [0.5, 0.6) is 5.75 Å². The van der Waals surface area contributed by atoms with Gasteiger partial charge in [-0.2, -0.15) is 0 Å². The van der Waals surface area contributed by atoms with Crippen molar-refractivity contribution in [3.05, 3.63) is 29.8 Å². The molecule has 0 fully saturated rings. The van der Waals surface area contributed by atoms with E-state index in [-0.39, 0.29) is 18.2 Å². The highest BCUT2D eigenvalue weighted by molar-refractivity contribution is 5.97. The van der Waals surface area contributed by atoms with Crippen molar-refractivity contribution in [2.24, 2.45) is 0 Å².